The van der Waals surface area contributed by atoms with Crippen molar-refractivity contribution in [2.24, 2.45) is 0 Å². The van der Waals surface area contributed by atoms with Crippen molar-refractivity contribution in [3.05, 3.63) is 58.5 Å². The molecule has 2 N–H and O–H groups in total. The number of aryl methyl sites for hydroxylation is 1. The van der Waals surface area contributed by atoms with Crippen LogP contribution in [0.3, 0.4) is 0 Å². The number of nitrogens with one attached hydrogen (secondary N) is 2. The SMILES string of the molecule is CNCCC(C=O)NC(=O)c1c(C)sc2ccc(OCc3cccnc3F)cc12. The van der Waals surface area contributed by atoms with E-state index in [1.807, 2.05) is 13.0 Å². The molecule has 0 aliphatic carbocycles. The molecule has 6 nitrogen and oxygen atoms in total. The van der Waals surface area contributed by atoms with Crippen LogP contribution >= 0.6 is 11.3 Å². The molecule has 8 heteroatoms. The lowest BCUT2D eigenvalue weighted by molar-refractivity contribution is -0.109. The molecule has 0 aliphatic heterocycles. The highest BCUT2D eigenvalue weighted by Crippen LogP contribution is 2.33. The molecule has 2 aromatic heterocycles. The first-order valence-corrected chi connectivity index (χ1v) is 10.0. The molecule has 1 amide bonds. The maximum absolute atomic E-state index is 13.7. The maximum atomic E-state index is 13.7. The zero-order valence-corrected chi connectivity index (χ0v) is 17.0. The summed E-state index contributed by atoms with van der Waals surface area (Å²) < 4.78 is 20.3. The lowest BCUT2D eigenvalue weighted by atomic mass is 10.1. The van der Waals surface area contributed by atoms with Gasteiger partial charge in [-0.25, -0.2) is 4.98 Å². The summed E-state index contributed by atoms with van der Waals surface area (Å²) >= 11 is 1.50. The lowest BCUT2D eigenvalue weighted by Gasteiger charge is -2.13. The summed E-state index contributed by atoms with van der Waals surface area (Å²) in [6.45, 7) is 2.53. The number of hydrogen-bond donors (Lipinski definition) is 2. The third-order valence-electron chi connectivity index (χ3n) is 4.48. The number of aldehydes is 1. The van der Waals surface area contributed by atoms with Crippen LogP contribution in [0.5, 0.6) is 5.75 Å². The minimum absolute atomic E-state index is 0.0348. The fourth-order valence-electron chi connectivity index (χ4n) is 2.97. The predicted octanol–water partition coefficient (Wildman–Crippen LogP) is 3.23. The van der Waals surface area contributed by atoms with Gasteiger partial charge in [0, 0.05) is 26.7 Å². The van der Waals surface area contributed by atoms with Crippen molar-refractivity contribution in [1.29, 1.82) is 0 Å². The van der Waals surface area contributed by atoms with Gasteiger partial charge in [0.05, 0.1) is 11.6 Å². The van der Waals surface area contributed by atoms with Gasteiger partial charge in [-0.2, -0.15) is 4.39 Å². The van der Waals surface area contributed by atoms with E-state index in [0.717, 1.165) is 21.2 Å². The van der Waals surface area contributed by atoms with Gasteiger partial charge in [0.1, 0.15) is 18.6 Å². The van der Waals surface area contributed by atoms with Gasteiger partial charge in [-0.15, -0.1) is 11.3 Å². The summed E-state index contributed by atoms with van der Waals surface area (Å²) in [6.07, 6.45) is 2.64. The van der Waals surface area contributed by atoms with Crippen LogP contribution in [0.2, 0.25) is 0 Å². The van der Waals surface area contributed by atoms with Crippen LogP contribution in [-0.2, 0) is 11.4 Å². The highest BCUT2D eigenvalue weighted by atomic mass is 32.1. The second kappa shape index (κ2) is 9.58. The van der Waals surface area contributed by atoms with Crippen LogP contribution in [0.4, 0.5) is 4.39 Å². The quantitative estimate of drug-likeness (QED) is 0.414. The van der Waals surface area contributed by atoms with Gasteiger partial charge in [0.2, 0.25) is 5.95 Å². The summed E-state index contributed by atoms with van der Waals surface area (Å²) in [7, 11) is 1.79. The zero-order valence-electron chi connectivity index (χ0n) is 16.2. The Balaban J connectivity index is 1.81. The molecular weight excluding hydrogens is 393 g/mol. The van der Waals surface area contributed by atoms with Crippen LogP contribution < -0.4 is 15.4 Å². The minimum atomic E-state index is -0.568. The molecule has 1 unspecified atom stereocenters. The number of aromatic nitrogens is 1. The van der Waals surface area contributed by atoms with Crippen molar-refractivity contribution >= 4 is 33.6 Å². The number of benzene rings is 1. The van der Waals surface area contributed by atoms with E-state index in [4.69, 9.17) is 4.74 Å². The van der Waals surface area contributed by atoms with Gasteiger partial charge < -0.3 is 20.2 Å². The summed E-state index contributed by atoms with van der Waals surface area (Å²) in [5, 5.41) is 6.49. The van der Waals surface area contributed by atoms with Crippen molar-refractivity contribution in [3.8, 4) is 5.75 Å². The van der Waals surface area contributed by atoms with Gasteiger partial charge in [0.15, 0.2) is 0 Å². The molecule has 3 aromatic rings. The molecule has 1 atom stereocenters. The maximum Gasteiger partial charge on any atom is 0.253 e. The van der Waals surface area contributed by atoms with Crippen molar-refractivity contribution in [1.82, 2.24) is 15.6 Å². The van der Waals surface area contributed by atoms with Gasteiger partial charge in [-0.05, 0) is 57.3 Å². The minimum Gasteiger partial charge on any atom is -0.489 e. The molecule has 0 radical (unpaired) electrons. The van der Waals surface area contributed by atoms with E-state index in [1.54, 1.807) is 31.3 Å². The highest BCUT2D eigenvalue weighted by molar-refractivity contribution is 7.19. The van der Waals surface area contributed by atoms with Crippen LogP contribution in [-0.4, -0.2) is 36.8 Å². The molecule has 3 rings (SSSR count). The Morgan fingerprint density at radius 1 is 1.38 bits per heavy atom. The van der Waals surface area contributed by atoms with Crippen LogP contribution in [0.1, 0.15) is 27.2 Å². The van der Waals surface area contributed by atoms with Crippen molar-refractivity contribution in [2.75, 3.05) is 13.6 Å². The van der Waals surface area contributed by atoms with Crippen molar-refractivity contribution in [2.45, 2.75) is 26.0 Å². The normalized spacial score (nSPS) is 12.0. The summed E-state index contributed by atoms with van der Waals surface area (Å²) in [6, 6.07) is 8.13. The van der Waals surface area contributed by atoms with E-state index in [0.29, 0.717) is 29.8 Å². The second-order valence-electron chi connectivity index (χ2n) is 6.54. The third-order valence-corrected chi connectivity index (χ3v) is 5.57. The third kappa shape index (κ3) is 4.96. The fraction of sp³-hybridized carbons (Fsp3) is 0.286. The number of halogens is 1. The summed E-state index contributed by atoms with van der Waals surface area (Å²) in [5.41, 5.74) is 0.879. The average Bonchev–Trinajstić information content (AvgIpc) is 3.05. The molecule has 0 saturated carbocycles. The molecule has 0 aliphatic rings. The Bertz CT molecular complexity index is 1020. The number of hydrogen-bond acceptors (Lipinski definition) is 6. The number of pyridine rings is 1. The average molecular weight is 415 g/mol. The Morgan fingerprint density at radius 3 is 2.93 bits per heavy atom. The van der Waals surface area contributed by atoms with Crippen molar-refractivity contribution in [3.63, 3.8) is 0 Å². The Labute approximate surface area is 172 Å². The van der Waals surface area contributed by atoms with E-state index in [-0.39, 0.29) is 12.5 Å². The number of thiophene rings is 1. The van der Waals surface area contributed by atoms with E-state index in [9.17, 15) is 14.0 Å². The van der Waals surface area contributed by atoms with Crippen molar-refractivity contribution < 1.29 is 18.7 Å². The van der Waals surface area contributed by atoms with E-state index >= 15 is 0 Å². The number of carbonyl (C=O) groups is 2. The molecule has 1 aromatic carbocycles. The predicted molar refractivity (Wildman–Crippen MR) is 111 cm³/mol. The highest BCUT2D eigenvalue weighted by Gasteiger charge is 2.20. The molecule has 0 spiro atoms. The Hall–Kier alpha value is -2.84. The van der Waals surface area contributed by atoms with Gasteiger partial charge in [-0.1, -0.05) is 0 Å². The van der Waals surface area contributed by atoms with Gasteiger partial charge >= 0.3 is 0 Å². The van der Waals surface area contributed by atoms with Crippen LogP contribution in [0.15, 0.2) is 36.5 Å². The zero-order chi connectivity index (χ0) is 20.8. The second-order valence-corrected chi connectivity index (χ2v) is 7.80. The fourth-order valence-corrected chi connectivity index (χ4v) is 4.02. The number of carbonyl (C=O) groups excluding carboxylic acids is 2. The number of rotatable bonds is 9. The molecule has 152 valence electrons. The molecule has 0 saturated heterocycles. The van der Waals surface area contributed by atoms with Crippen LogP contribution in [0, 0.1) is 12.9 Å². The Kier molecular flexibility index (Phi) is 6.90. The largest absolute Gasteiger partial charge is 0.489 e. The molecular formula is C21H22FN3O3S. The topological polar surface area (TPSA) is 80.3 Å². The Morgan fingerprint density at radius 2 is 2.21 bits per heavy atom. The van der Waals surface area contributed by atoms with Gasteiger partial charge in [-0.3, -0.25) is 4.79 Å². The van der Waals surface area contributed by atoms with E-state index in [2.05, 4.69) is 15.6 Å². The lowest BCUT2D eigenvalue weighted by Crippen LogP contribution is -2.38. The first kappa shape index (κ1) is 20.9. The van der Waals surface area contributed by atoms with Crippen LogP contribution in [0.25, 0.3) is 10.1 Å². The molecule has 0 bridgehead atoms. The number of fused-ring (bicyclic) bond motifs is 1. The standard InChI is InChI=1S/C21H22FN3O3S/c1-13-19(21(27)25-15(11-26)7-9-23-2)17-10-16(5-6-18(17)29-13)28-12-14-4-3-8-24-20(14)22/h3-6,8,10-11,15,23H,7,9,12H2,1-2H3,(H,25,27). The molecule has 0 fully saturated rings. The van der Waals surface area contributed by atoms with Gasteiger partial charge in [0.25, 0.3) is 5.91 Å². The summed E-state index contributed by atoms with van der Waals surface area (Å²) in [5.74, 6) is -0.339. The molecule has 29 heavy (non-hydrogen) atoms. The van der Waals surface area contributed by atoms with E-state index < -0.39 is 12.0 Å². The number of nitrogens with zero attached hydrogens (tertiary/aromatic N) is 1. The molecule has 2 heterocycles. The first-order chi connectivity index (χ1) is 14.0. The smallest absolute Gasteiger partial charge is 0.253 e. The first-order valence-electron chi connectivity index (χ1n) is 9.19. The summed E-state index contributed by atoms with van der Waals surface area (Å²) in [4.78, 5) is 28.6. The van der Waals surface area contributed by atoms with E-state index in [1.165, 1.54) is 17.5 Å². The monoisotopic (exact) mass is 415 g/mol. The number of amides is 1. The number of ether oxygens (including phenoxy) is 1.